The Kier molecular flexibility index (Phi) is 4.35. The van der Waals surface area contributed by atoms with Crippen molar-refractivity contribution in [3.63, 3.8) is 0 Å². The van der Waals surface area contributed by atoms with Crippen molar-refractivity contribution < 1.29 is 14.7 Å². The zero-order valence-electron chi connectivity index (χ0n) is 10.5. The molecule has 20 heavy (non-hydrogen) atoms. The van der Waals surface area contributed by atoms with Crippen molar-refractivity contribution in [2.75, 3.05) is 6.54 Å². The van der Waals surface area contributed by atoms with Gasteiger partial charge in [-0.15, -0.1) is 0 Å². The first-order valence-electron chi connectivity index (χ1n) is 6.08. The number of carboxylic acid groups (broad SMARTS) is 1. The number of carbonyl (C=O) groups excluding carboxylic acids is 1. The van der Waals surface area contributed by atoms with Crippen molar-refractivity contribution in [2.24, 2.45) is 5.41 Å². The monoisotopic (exact) mass is 313 g/mol. The fourth-order valence-corrected chi connectivity index (χ4v) is 2.12. The summed E-state index contributed by atoms with van der Waals surface area (Å²) in [5, 5.41) is 12.4. The molecule has 0 unspecified atom stereocenters. The molecule has 2 rings (SSSR count). The second kappa shape index (κ2) is 5.85. The van der Waals surface area contributed by atoms with Gasteiger partial charge in [0.2, 0.25) is 5.91 Å². The molecule has 0 radical (unpaired) electrons. The zero-order chi connectivity index (χ0) is 14.8. The summed E-state index contributed by atoms with van der Waals surface area (Å²) in [6.07, 6.45) is 4.07. The molecule has 4 nitrogen and oxygen atoms in total. The Hall–Kier alpha value is -1.52. The largest absolute Gasteiger partial charge is 0.481 e. The van der Waals surface area contributed by atoms with Crippen LogP contribution >= 0.6 is 23.2 Å². The van der Waals surface area contributed by atoms with Crippen LogP contribution in [0, 0.1) is 5.41 Å². The molecule has 2 N–H and O–H groups in total. The van der Waals surface area contributed by atoms with Gasteiger partial charge in [0.15, 0.2) is 0 Å². The summed E-state index contributed by atoms with van der Waals surface area (Å²) in [7, 11) is 0. The summed E-state index contributed by atoms with van der Waals surface area (Å²) in [5.74, 6) is -1.21. The van der Waals surface area contributed by atoms with Crippen molar-refractivity contribution >= 4 is 41.2 Å². The van der Waals surface area contributed by atoms with Crippen LogP contribution in [-0.2, 0) is 9.59 Å². The summed E-state index contributed by atoms with van der Waals surface area (Å²) in [6, 6.07) is 5.12. The second-order valence-corrected chi connectivity index (χ2v) is 5.56. The van der Waals surface area contributed by atoms with Crippen molar-refractivity contribution in [1.82, 2.24) is 5.32 Å². The van der Waals surface area contributed by atoms with Gasteiger partial charge in [-0.25, -0.2) is 0 Å². The SMILES string of the molecule is O=C(/C=C/c1cccc(Cl)c1Cl)NCC1(C(=O)O)CC1. The van der Waals surface area contributed by atoms with E-state index >= 15 is 0 Å². The van der Waals surface area contributed by atoms with Crippen LogP contribution in [0.2, 0.25) is 10.0 Å². The molecule has 0 saturated heterocycles. The van der Waals surface area contributed by atoms with E-state index in [1.807, 2.05) is 0 Å². The molecule has 0 atom stereocenters. The number of benzene rings is 1. The maximum atomic E-state index is 11.6. The van der Waals surface area contributed by atoms with Gasteiger partial charge in [-0.1, -0.05) is 35.3 Å². The van der Waals surface area contributed by atoms with Gasteiger partial charge >= 0.3 is 5.97 Å². The van der Waals surface area contributed by atoms with E-state index in [0.29, 0.717) is 28.5 Å². The maximum absolute atomic E-state index is 11.6. The van der Waals surface area contributed by atoms with Gasteiger partial charge in [0.25, 0.3) is 0 Å². The lowest BCUT2D eigenvalue weighted by Gasteiger charge is -2.09. The standard InChI is InChI=1S/C14H13Cl2NO3/c15-10-3-1-2-9(12(10)16)4-5-11(18)17-8-14(6-7-14)13(19)20/h1-5H,6-8H2,(H,17,18)(H,19,20)/b5-4+. The number of aliphatic carboxylic acids is 1. The first-order valence-corrected chi connectivity index (χ1v) is 6.83. The quantitative estimate of drug-likeness (QED) is 0.821. The summed E-state index contributed by atoms with van der Waals surface area (Å²) in [5.41, 5.74) is -0.134. The third-order valence-corrected chi connectivity index (χ3v) is 4.14. The highest BCUT2D eigenvalue weighted by molar-refractivity contribution is 6.42. The van der Waals surface area contributed by atoms with Crippen LogP contribution in [0.1, 0.15) is 18.4 Å². The Morgan fingerprint density at radius 3 is 2.65 bits per heavy atom. The predicted octanol–water partition coefficient (Wildman–Crippen LogP) is 2.99. The minimum absolute atomic E-state index is 0.148. The van der Waals surface area contributed by atoms with E-state index in [4.69, 9.17) is 28.3 Å². The number of nitrogens with one attached hydrogen (secondary N) is 1. The highest BCUT2D eigenvalue weighted by Crippen LogP contribution is 2.45. The molecule has 1 aromatic rings. The average Bonchev–Trinajstić information content (AvgIpc) is 3.19. The van der Waals surface area contributed by atoms with E-state index in [1.54, 1.807) is 24.3 Å². The van der Waals surface area contributed by atoms with Crippen molar-refractivity contribution in [1.29, 1.82) is 0 Å². The number of amides is 1. The Morgan fingerprint density at radius 2 is 2.05 bits per heavy atom. The molecule has 1 aromatic carbocycles. The normalized spacial score (nSPS) is 16.1. The van der Waals surface area contributed by atoms with E-state index in [-0.39, 0.29) is 12.5 Å². The lowest BCUT2D eigenvalue weighted by atomic mass is 10.1. The van der Waals surface area contributed by atoms with Crippen LogP contribution in [-0.4, -0.2) is 23.5 Å². The number of rotatable bonds is 5. The molecular weight excluding hydrogens is 301 g/mol. The molecule has 106 valence electrons. The number of hydrogen-bond acceptors (Lipinski definition) is 2. The van der Waals surface area contributed by atoms with Crippen molar-refractivity contribution in [3.8, 4) is 0 Å². The molecule has 0 spiro atoms. The van der Waals surface area contributed by atoms with Crippen LogP contribution in [0.4, 0.5) is 0 Å². The molecule has 1 fully saturated rings. The summed E-state index contributed by atoms with van der Waals surface area (Å²) in [4.78, 5) is 22.6. The van der Waals surface area contributed by atoms with Crippen LogP contribution in [0.5, 0.6) is 0 Å². The third-order valence-electron chi connectivity index (χ3n) is 3.30. The number of carbonyl (C=O) groups is 2. The smallest absolute Gasteiger partial charge is 0.311 e. The molecule has 0 aliphatic heterocycles. The number of carboxylic acids is 1. The van der Waals surface area contributed by atoms with Crippen LogP contribution < -0.4 is 5.32 Å². The highest BCUT2D eigenvalue weighted by Gasteiger charge is 2.50. The molecule has 6 heteroatoms. The predicted molar refractivity (Wildman–Crippen MR) is 77.8 cm³/mol. The minimum atomic E-state index is -0.861. The first-order chi connectivity index (χ1) is 9.44. The van der Waals surface area contributed by atoms with Crippen molar-refractivity contribution in [2.45, 2.75) is 12.8 Å². The van der Waals surface area contributed by atoms with Crippen molar-refractivity contribution in [3.05, 3.63) is 39.9 Å². The minimum Gasteiger partial charge on any atom is -0.481 e. The van der Waals surface area contributed by atoms with Gasteiger partial charge in [-0.3, -0.25) is 9.59 Å². The number of halogens is 2. The highest BCUT2D eigenvalue weighted by atomic mass is 35.5. The first kappa shape index (κ1) is 14.9. The van der Waals surface area contributed by atoms with E-state index in [9.17, 15) is 9.59 Å². The summed E-state index contributed by atoms with van der Waals surface area (Å²) < 4.78 is 0. The van der Waals surface area contributed by atoms with Crippen LogP contribution in [0.15, 0.2) is 24.3 Å². The Labute approximate surface area is 126 Å². The molecule has 1 saturated carbocycles. The van der Waals surface area contributed by atoms with E-state index in [1.165, 1.54) is 6.08 Å². The molecule has 1 aliphatic carbocycles. The summed E-state index contributed by atoms with van der Waals surface area (Å²) >= 11 is 11.8. The third kappa shape index (κ3) is 3.32. The maximum Gasteiger partial charge on any atom is 0.311 e. The van der Waals surface area contributed by atoms with Crippen LogP contribution in [0.25, 0.3) is 6.08 Å². The Morgan fingerprint density at radius 1 is 1.35 bits per heavy atom. The molecule has 1 aliphatic rings. The van der Waals surface area contributed by atoms with Gasteiger partial charge in [0.1, 0.15) is 0 Å². The topological polar surface area (TPSA) is 66.4 Å². The van der Waals surface area contributed by atoms with E-state index in [2.05, 4.69) is 5.32 Å². The second-order valence-electron chi connectivity index (χ2n) is 4.78. The summed E-state index contributed by atoms with van der Waals surface area (Å²) in [6.45, 7) is 0.148. The zero-order valence-corrected chi connectivity index (χ0v) is 12.0. The average molecular weight is 314 g/mol. The number of hydrogen-bond donors (Lipinski definition) is 2. The van der Waals surface area contributed by atoms with Crippen LogP contribution in [0.3, 0.4) is 0 Å². The molecular formula is C14H13Cl2NO3. The Balaban J connectivity index is 1.93. The van der Waals surface area contributed by atoms with E-state index < -0.39 is 11.4 Å². The molecule has 0 heterocycles. The fraction of sp³-hybridized carbons (Fsp3) is 0.286. The van der Waals surface area contributed by atoms with Gasteiger partial charge < -0.3 is 10.4 Å². The van der Waals surface area contributed by atoms with E-state index in [0.717, 1.165) is 0 Å². The lowest BCUT2D eigenvalue weighted by Crippen LogP contribution is -2.33. The molecule has 1 amide bonds. The van der Waals surface area contributed by atoms with Gasteiger partial charge in [0, 0.05) is 12.6 Å². The van der Waals surface area contributed by atoms with Gasteiger partial charge in [-0.2, -0.15) is 0 Å². The fourth-order valence-electron chi connectivity index (χ4n) is 1.75. The Bertz CT molecular complexity index is 580. The van der Waals surface area contributed by atoms with Gasteiger partial charge in [0.05, 0.1) is 15.5 Å². The van der Waals surface area contributed by atoms with Gasteiger partial charge in [-0.05, 0) is 30.5 Å². The molecule has 0 bridgehead atoms. The lowest BCUT2D eigenvalue weighted by molar-refractivity contribution is -0.143. The molecule has 0 aromatic heterocycles.